The summed E-state index contributed by atoms with van der Waals surface area (Å²) < 4.78 is 5.05. The van der Waals surface area contributed by atoms with Crippen LogP contribution in [0.4, 0.5) is 0 Å². The molecule has 0 saturated carbocycles. The van der Waals surface area contributed by atoms with Crippen LogP contribution in [-0.4, -0.2) is 11.9 Å². The molecule has 76 valence electrons. The number of carbonyl (C=O) groups excluding carboxylic acids is 1. The Labute approximate surface area is 83.8 Å². The molecule has 1 aromatic heterocycles. The Kier molecular flexibility index (Phi) is 3.98. The van der Waals surface area contributed by atoms with Crippen molar-refractivity contribution in [3.8, 4) is 0 Å². The Bertz CT molecular complexity index is 301. The molecule has 0 aliphatic rings. The van der Waals surface area contributed by atoms with Gasteiger partial charge < -0.3 is 9.73 Å². The first-order chi connectivity index (χ1) is 6.72. The lowest BCUT2D eigenvalue weighted by molar-refractivity contribution is -0.117. The maximum Gasteiger partial charge on any atom is 0.244 e. The number of rotatable bonds is 4. The fraction of sp³-hybridized carbons (Fsp3) is 0.364. The summed E-state index contributed by atoms with van der Waals surface area (Å²) in [5, 5.41) is 2.82. The predicted octanol–water partition coefficient (Wildman–Crippen LogP) is 2.21. The van der Waals surface area contributed by atoms with Gasteiger partial charge in [0.05, 0.1) is 6.26 Å². The topological polar surface area (TPSA) is 42.2 Å². The van der Waals surface area contributed by atoms with Crippen LogP contribution in [0, 0.1) is 0 Å². The third-order valence-electron chi connectivity index (χ3n) is 1.94. The Morgan fingerprint density at radius 1 is 1.71 bits per heavy atom. The molecule has 3 nitrogen and oxygen atoms in total. The van der Waals surface area contributed by atoms with Gasteiger partial charge in [-0.1, -0.05) is 6.92 Å². The highest BCUT2D eigenvalue weighted by atomic mass is 16.3. The number of amides is 1. The van der Waals surface area contributed by atoms with Gasteiger partial charge in [-0.25, -0.2) is 0 Å². The number of carbonyl (C=O) groups is 1. The summed E-state index contributed by atoms with van der Waals surface area (Å²) in [6.07, 6.45) is 5.63. The summed E-state index contributed by atoms with van der Waals surface area (Å²) in [6, 6.07) is 3.79. The van der Waals surface area contributed by atoms with Gasteiger partial charge in [0, 0.05) is 12.1 Å². The standard InChI is InChI=1S/C11H15NO2/c1-3-9(2)12-11(13)7-6-10-5-4-8-14-10/h4-9H,3H2,1-2H3,(H,12,13)/b7-6+. The van der Waals surface area contributed by atoms with E-state index in [4.69, 9.17) is 4.42 Å². The summed E-state index contributed by atoms with van der Waals surface area (Å²) >= 11 is 0. The number of hydrogen-bond acceptors (Lipinski definition) is 2. The second kappa shape index (κ2) is 5.27. The van der Waals surface area contributed by atoms with Gasteiger partial charge in [0.1, 0.15) is 5.76 Å². The maximum absolute atomic E-state index is 11.3. The molecular weight excluding hydrogens is 178 g/mol. The minimum absolute atomic E-state index is 0.0873. The summed E-state index contributed by atoms with van der Waals surface area (Å²) in [7, 11) is 0. The molecule has 1 heterocycles. The summed E-state index contributed by atoms with van der Waals surface area (Å²) in [5.74, 6) is 0.597. The van der Waals surface area contributed by atoms with Crippen molar-refractivity contribution in [2.24, 2.45) is 0 Å². The normalized spacial score (nSPS) is 13.0. The molecule has 1 unspecified atom stereocenters. The SMILES string of the molecule is CCC(C)NC(=O)/C=C/c1ccco1. The number of nitrogens with one attached hydrogen (secondary N) is 1. The largest absolute Gasteiger partial charge is 0.465 e. The van der Waals surface area contributed by atoms with Crippen LogP contribution in [0.25, 0.3) is 6.08 Å². The first-order valence-corrected chi connectivity index (χ1v) is 4.74. The third-order valence-corrected chi connectivity index (χ3v) is 1.94. The van der Waals surface area contributed by atoms with Crippen molar-refractivity contribution in [2.75, 3.05) is 0 Å². The average molecular weight is 193 g/mol. The Morgan fingerprint density at radius 2 is 2.50 bits per heavy atom. The van der Waals surface area contributed by atoms with E-state index >= 15 is 0 Å². The molecule has 1 N–H and O–H groups in total. The third kappa shape index (κ3) is 3.47. The minimum atomic E-state index is -0.0873. The molecule has 0 radical (unpaired) electrons. The van der Waals surface area contributed by atoms with Gasteiger partial charge in [0.25, 0.3) is 0 Å². The van der Waals surface area contributed by atoms with Gasteiger partial charge in [-0.3, -0.25) is 4.79 Å². The second-order valence-electron chi connectivity index (χ2n) is 3.17. The second-order valence-corrected chi connectivity index (χ2v) is 3.17. The molecule has 1 rings (SSSR count). The van der Waals surface area contributed by atoms with Crippen molar-refractivity contribution in [3.05, 3.63) is 30.2 Å². The van der Waals surface area contributed by atoms with Crippen LogP contribution in [0.1, 0.15) is 26.0 Å². The monoisotopic (exact) mass is 193 g/mol. The molecular formula is C11H15NO2. The number of hydrogen-bond donors (Lipinski definition) is 1. The van der Waals surface area contributed by atoms with Gasteiger partial charge in [0.2, 0.25) is 5.91 Å². The molecule has 0 fully saturated rings. The van der Waals surface area contributed by atoms with E-state index in [-0.39, 0.29) is 11.9 Å². The van der Waals surface area contributed by atoms with Gasteiger partial charge in [0.15, 0.2) is 0 Å². The fourth-order valence-electron chi connectivity index (χ4n) is 0.937. The highest BCUT2D eigenvalue weighted by molar-refractivity contribution is 5.91. The van der Waals surface area contributed by atoms with Crippen LogP contribution in [0.3, 0.4) is 0 Å². The van der Waals surface area contributed by atoms with E-state index in [1.54, 1.807) is 24.5 Å². The highest BCUT2D eigenvalue weighted by Gasteiger charge is 2.00. The molecule has 0 aliphatic heterocycles. The van der Waals surface area contributed by atoms with Gasteiger partial charge in [-0.15, -0.1) is 0 Å². The Hall–Kier alpha value is -1.51. The summed E-state index contributed by atoms with van der Waals surface area (Å²) in [6.45, 7) is 4.00. The summed E-state index contributed by atoms with van der Waals surface area (Å²) in [5.41, 5.74) is 0. The van der Waals surface area contributed by atoms with Crippen LogP contribution in [0.5, 0.6) is 0 Å². The van der Waals surface area contributed by atoms with E-state index in [1.807, 2.05) is 13.8 Å². The lowest BCUT2D eigenvalue weighted by Crippen LogP contribution is -2.30. The van der Waals surface area contributed by atoms with Crippen molar-refractivity contribution >= 4 is 12.0 Å². The van der Waals surface area contributed by atoms with Gasteiger partial charge in [-0.05, 0) is 31.6 Å². The lowest BCUT2D eigenvalue weighted by atomic mass is 10.2. The zero-order valence-electron chi connectivity index (χ0n) is 8.49. The maximum atomic E-state index is 11.3. The molecule has 0 saturated heterocycles. The van der Waals surface area contributed by atoms with Crippen LogP contribution in [0.2, 0.25) is 0 Å². The lowest BCUT2D eigenvalue weighted by Gasteiger charge is -2.07. The first kappa shape index (κ1) is 10.6. The van der Waals surface area contributed by atoms with E-state index in [0.717, 1.165) is 6.42 Å². The molecule has 0 aliphatic carbocycles. The molecule has 1 amide bonds. The molecule has 0 aromatic carbocycles. The molecule has 14 heavy (non-hydrogen) atoms. The van der Waals surface area contributed by atoms with E-state index in [0.29, 0.717) is 5.76 Å². The Morgan fingerprint density at radius 3 is 3.07 bits per heavy atom. The summed E-state index contributed by atoms with van der Waals surface area (Å²) in [4.78, 5) is 11.3. The highest BCUT2D eigenvalue weighted by Crippen LogP contribution is 2.01. The minimum Gasteiger partial charge on any atom is -0.465 e. The molecule has 1 atom stereocenters. The van der Waals surface area contributed by atoms with E-state index < -0.39 is 0 Å². The smallest absolute Gasteiger partial charge is 0.244 e. The van der Waals surface area contributed by atoms with Crippen molar-refractivity contribution in [1.29, 1.82) is 0 Å². The first-order valence-electron chi connectivity index (χ1n) is 4.74. The zero-order valence-corrected chi connectivity index (χ0v) is 8.49. The van der Waals surface area contributed by atoms with Gasteiger partial charge >= 0.3 is 0 Å². The van der Waals surface area contributed by atoms with Crippen LogP contribution in [0.15, 0.2) is 28.9 Å². The predicted molar refractivity (Wildman–Crippen MR) is 55.6 cm³/mol. The van der Waals surface area contributed by atoms with Crippen LogP contribution in [-0.2, 0) is 4.79 Å². The quantitative estimate of drug-likeness (QED) is 0.745. The van der Waals surface area contributed by atoms with E-state index in [9.17, 15) is 4.79 Å². The van der Waals surface area contributed by atoms with Gasteiger partial charge in [-0.2, -0.15) is 0 Å². The molecule has 0 bridgehead atoms. The molecule has 1 aromatic rings. The van der Waals surface area contributed by atoms with Crippen molar-refractivity contribution in [2.45, 2.75) is 26.3 Å². The fourth-order valence-corrected chi connectivity index (χ4v) is 0.937. The van der Waals surface area contributed by atoms with Crippen molar-refractivity contribution < 1.29 is 9.21 Å². The molecule has 0 spiro atoms. The van der Waals surface area contributed by atoms with Crippen LogP contribution < -0.4 is 5.32 Å². The average Bonchev–Trinajstić information content (AvgIpc) is 2.67. The zero-order chi connectivity index (χ0) is 10.4. The molecule has 3 heteroatoms. The van der Waals surface area contributed by atoms with E-state index in [2.05, 4.69) is 5.32 Å². The number of furan rings is 1. The Balaban J connectivity index is 2.41. The van der Waals surface area contributed by atoms with Crippen molar-refractivity contribution in [1.82, 2.24) is 5.32 Å². The van der Waals surface area contributed by atoms with Crippen molar-refractivity contribution in [3.63, 3.8) is 0 Å². The van der Waals surface area contributed by atoms with Crippen LogP contribution >= 0.6 is 0 Å². The van der Waals surface area contributed by atoms with E-state index in [1.165, 1.54) is 6.08 Å².